The fraction of sp³-hybridized carbons (Fsp3) is 0.600. The monoisotopic (exact) mass is 231 g/mol. The van der Waals surface area contributed by atoms with Crippen molar-refractivity contribution in [2.75, 3.05) is 19.9 Å². The third-order valence-corrected chi connectivity index (χ3v) is 4.18. The minimum Gasteiger partial charge on any atom is -0.366 e. The molecule has 1 aromatic rings. The lowest BCUT2D eigenvalue weighted by Crippen LogP contribution is -2.38. The maximum Gasteiger partial charge on any atom is 0.0995 e. The molecule has 2 atom stereocenters. The van der Waals surface area contributed by atoms with Gasteiger partial charge in [-0.1, -0.05) is 24.3 Å². The van der Waals surface area contributed by atoms with E-state index in [0.717, 1.165) is 19.3 Å². The largest absolute Gasteiger partial charge is 0.366 e. The molecule has 1 saturated heterocycles. The Bertz CT molecular complexity index is 390. The Morgan fingerprint density at radius 1 is 1.35 bits per heavy atom. The Labute approximate surface area is 104 Å². The van der Waals surface area contributed by atoms with E-state index in [1.807, 2.05) is 0 Å². The molecule has 0 radical (unpaired) electrons. The second-order valence-electron chi connectivity index (χ2n) is 5.18. The molecule has 0 aromatic heterocycles. The van der Waals surface area contributed by atoms with Gasteiger partial charge in [-0.25, -0.2) is 0 Å². The Morgan fingerprint density at radius 3 is 3.12 bits per heavy atom. The summed E-state index contributed by atoms with van der Waals surface area (Å²) < 4.78 is 5.62. The van der Waals surface area contributed by atoms with Gasteiger partial charge in [-0.05, 0) is 43.2 Å². The van der Waals surface area contributed by atoms with E-state index >= 15 is 0 Å². The van der Waals surface area contributed by atoms with Crippen LogP contribution in [0.1, 0.15) is 36.9 Å². The molecular formula is C15H21NO. The molecule has 3 rings (SSSR count). The van der Waals surface area contributed by atoms with Crippen LogP contribution in [-0.4, -0.2) is 24.8 Å². The summed E-state index contributed by atoms with van der Waals surface area (Å²) in [5, 5.41) is 0. The van der Waals surface area contributed by atoms with Crippen molar-refractivity contribution in [1.82, 2.24) is 4.90 Å². The van der Waals surface area contributed by atoms with Crippen LogP contribution in [0.5, 0.6) is 0 Å². The van der Waals surface area contributed by atoms with E-state index in [2.05, 4.69) is 36.1 Å². The molecule has 17 heavy (non-hydrogen) atoms. The summed E-state index contributed by atoms with van der Waals surface area (Å²) in [6, 6.07) is 9.57. The number of ether oxygens (including phenoxy) is 1. The lowest BCUT2D eigenvalue weighted by molar-refractivity contribution is -0.0206. The summed E-state index contributed by atoms with van der Waals surface area (Å²) in [4.78, 5) is 2.53. The van der Waals surface area contributed by atoms with Gasteiger partial charge in [-0.3, -0.25) is 4.90 Å². The van der Waals surface area contributed by atoms with Crippen LogP contribution in [0.2, 0.25) is 0 Å². The lowest BCUT2D eigenvalue weighted by atomic mass is 9.90. The third-order valence-electron chi connectivity index (χ3n) is 4.18. The van der Waals surface area contributed by atoms with Gasteiger partial charge in [-0.15, -0.1) is 0 Å². The zero-order valence-electron chi connectivity index (χ0n) is 10.6. The Kier molecular flexibility index (Phi) is 3.17. The number of likely N-dealkylation sites (tertiary alicyclic amines) is 1. The predicted octanol–water partition coefficient (Wildman–Crippen LogP) is 2.99. The van der Waals surface area contributed by atoms with Gasteiger partial charge < -0.3 is 4.74 Å². The summed E-state index contributed by atoms with van der Waals surface area (Å²) in [6.07, 6.45) is 3.97. The number of rotatable bonds is 3. The molecule has 2 aliphatic rings. The molecule has 0 saturated carbocycles. The first-order valence-electron chi connectivity index (χ1n) is 6.79. The van der Waals surface area contributed by atoms with Gasteiger partial charge in [0.2, 0.25) is 0 Å². The van der Waals surface area contributed by atoms with Crippen molar-refractivity contribution in [2.45, 2.75) is 32.2 Å². The molecule has 2 nitrogen and oxygen atoms in total. The normalized spacial score (nSPS) is 27.8. The highest BCUT2D eigenvalue weighted by atomic mass is 16.5. The van der Waals surface area contributed by atoms with Gasteiger partial charge in [0.1, 0.15) is 0 Å². The molecule has 0 spiro atoms. The Balaban J connectivity index is 1.84. The van der Waals surface area contributed by atoms with Crippen LogP contribution in [0.25, 0.3) is 0 Å². The second kappa shape index (κ2) is 4.79. The molecule has 2 unspecified atom stereocenters. The topological polar surface area (TPSA) is 12.5 Å². The van der Waals surface area contributed by atoms with Crippen molar-refractivity contribution in [3.05, 3.63) is 35.4 Å². The van der Waals surface area contributed by atoms with Gasteiger partial charge in [0.25, 0.3) is 0 Å². The third kappa shape index (κ3) is 2.00. The van der Waals surface area contributed by atoms with Crippen LogP contribution in [0.3, 0.4) is 0 Å². The molecule has 1 aromatic carbocycles. The summed E-state index contributed by atoms with van der Waals surface area (Å²) in [6.45, 7) is 4.88. The molecule has 92 valence electrons. The number of piperidine rings is 1. The number of hydrogen-bond donors (Lipinski definition) is 0. The van der Waals surface area contributed by atoms with Crippen LogP contribution in [-0.2, 0) is 11.2 Å². The number of hydrogen-bond acceptors (Lipinski definition) is 2. The van der Waals surface area contributed by atoms with E-state index in [9.17, 15) is 0 Å². The minimum absolute atomic E-state index is 0.617. The number of benzene rings is 1. The van der Waals surface area contributed by atoms with Crippen LogP contribution < -0.4 is 0 Å². The van der Waals surface area contributed by atoms with E-state index < -0.39 is 0 Å². The van der Waals surface area contributed by atoms with Crippen molar-refractivity contribution in [3.63, 3.8) is 0 Å². The SMILES string of the molecule is CCOCN1CCCC2Cc3ccccc3C21. The van der Waals surface area contributed by atoms with Crippen molar-refractivity contribution in [2.24, 2.45) is 5.92 Å². The van der Waals surface area contributed by atoms with Gasteiger partial charge in [0.15, 0.2) is 0 Å². The van der Waals surface area contributed by atoms with Crippen LogP contribution >= 0.6 is 0 Å². The van der Waals surface area contributed by atoms with Crippen molar-refractivity contribution >= 4 is 0 Å². The minimum atomic E-state index is 0.617. The van der Waals surface area contributed by atoms with Crippen molar-refractivity contribution in [1.29, 1.82) is 0 Å². The summed E-state index contributed by atoms with van der Waals surface area (Å²) >= 11 is 0. The molecule has 1 aliphatic carbocycles. The average molecular weight is 231 g/mol. The van der Waals surface area contributed by atoms with Crippen LogP contribution in [0, 0.1) is 5.92 Å². The standard InChI is InChI=1S/C15H21NO/c1-2-17-11-16-9-5-7-13-10-12-6-3-4-8-14(12)15(13)16/h3-4,6,8,13,15H,2,5,7,9-11H2,1H3. The zero-order chi connectivity index (χ0) is 11.7. The predicted molar refractivity (Wildman–Crippen MR) is 68.8 cm³/mol. The van der Waals surface area contributed by atoms with Gasteiger partial charge in [0.05, 0.1) is 6.73 Å². The summed E-state index contributed by atoms with van der Waals surface area (Å²) in [5.41, 5.74) is 3.11. The quantitative estimate of drug-likeness (QED) is 0.793. The summed E-state index contributed by atoms with van der Waals surface area (Å²) in [7, 11) is 0. The van der Waals surface area contributed by atoms with E-state index in [1.165, 1.54) is 25.8 Å². The van der Waals surface area contributed by atoms with Gasteiger partial charge >= 0.3 is 0 Å². The van der Waals surface area contributed by atoms with Crippen molar-refractivity contribution in [3.8, 4) is 0 Å². The second-order valence-corrected chi connectivity index (χ2v) is 5.18. The first kappa shape index (κ1) is 11.2. The zero-order valence-corrected chi connectivity index (χ0v) is 10.6. The van der Waals surface area contributed by atoms with E-state index in [0.29, 0.717) is 6.04 Å². The average Bonchev–Trinajstić information content (AvgIpc) is 2.75. The number of fused-ring (bicyclic) bond motifs is 3. The van der Waals surface area contributed by atoms with E-state index in [1.54, 1.807) is 11.1 Å². The molecule has 2 heteroatoms. The first-order chi connectivity index (χ1) is 8.40. The maximum absolute atomic E-state index is 5.62. The van der Waals surface area contributed by atoms with E-state index in [-0.39, 0.29) is 0 Å². The maximum atomic E-state index is 5.62. The fourth-order valence-electron chi connectivity index (χ4n) is 3.46. The molecule has 1 fully saturated rings. The highest BCUT2D eigenvalue weighted by Gasteiger charge is 2.38. The Morgan fingerprint density at radius 2 is 2.24 bits per heavy atom. The lowest BCUT2D eigenvalue weighted by Gasteiger charge is -2.37. The van der Waals surface area contributed by atoms with Gasteiger partial charge in [-0.2, -0.15) is 0 Å². The molecule has 1 heterocycles. The van der Waals surface area contributed by atoms with E-state index in [4.69, 9.17) is 4.74 Å². The fourth-order valence-corrected chi connectivity index (χ4v) is 3.46. The molecule has 0 N–H and O–H groups in total. The molecule has 0 bridgehead atoms. The first-order valence-corrected chi connectivity index (χ1v) is 6.79. The van der Waals surface area contributed by atoms with Crippen molar-refractivity contribution < 1.29 is 4.74 Å². The van der Waals surface area contributed by atoms with Crippen LogP contribution in [0.15, 0.2) is 24.3 Å². The number of nitrogens with zero attached hydrogens (tertiary/aromatic N) is 1. The molecule has 1 aliphatic heterocycles. The highest BCUT2D eigenvalue weighted by Crippen LogP contribution is 2.44. The van der Waals surface area contributed by atoms with Crippen LogP contribution in [0.4, 0.5) is 0 Å². The Hall–Kier alpha value is -0.860. The summed E-state index contributed by atoms with van der Waals surface area (Å²) in [5.74, 6) is 0.821. The molecule has 0 amide bonds. The highest BCUT2D eigenvalue weighted by molar-refractivity contribution is 5.36. The van der Waals surface area contributed by atoms with Gasteiger partial charge in [0, 0.05) is 19.2 Å². The smallest absolute Gasteiger partial charge is 0.0995 e. The molecular weight excluding hydrogens is 210 g/mol.